The summed E-state index contributed by atoms with van der Waals surface area (Å²) in [7, 11) is 4.50. The van der Waals surface area contributed by atoms with E-state index < -0.39 is 0 Å². The van der Waals surface area contributed by atoms with Crippen LogP contribution in [0.1, 0.15) is 22.8 Å². The van der Waals surface area contributed by atoms with E-state index in [-0.39, 0.29) is 18.0 Å². The molecule has 19 heavy (non-hydrogen) atoms. The molecule has 0 N–H and O–H groups in total. The van der Waals surface area contributed by atoms with Gasteiger partial charge in [0.1, 0.15) is 6.04 Å². The molecule has 0 spiro atoms. The van der Waals surface area contributed by atoms with E-state index in [9.17, 15) is 9.59 Å². The lowest BCUT2D eigenvalue weighted by atomic mass is 10.1. The van der Waals surface area contributed by atoms with Gasteiger partial charge in [-0.05, 0) is 25.6 Å². The number of hydrogen-bond acceptors (Lipinski definition) is 5. The van der Waals surface area contributed by atoms with E-state index in [0.717, 1.165) is 5.56 Å². The minimum absolute atomic E-state index is 0.307. The van der Waals surface area contributed by atoms with Crippen molar-refractivity contribution < 1.29 is 19.1 Å². The molecule has 0 heterocycles. The van der Waals surface area contributed by atoms with Crippen LogP contribution < -0.4 is 0 Å². The van der Waals surface area contributed by atoms with Crippen LogP contribution in [0.3, 0.4) is 0 Å². The van der Waals surface area contributed by atoms with Gasteiger partial charge in [-0.1, -0.05) is 18.2 Å². The van der Waals surface area contributed by atoms with Crippen LogP contribution in [0.4, 0.5) is 0 Å². The van der Waals surface area contributed by atoms with Crippen LogP contribution in [0.5, 0.6) is 0 Å². The third kappa shape index (κ3) is 3.79. The summed E-state index contributed by atoms with van der Waals surface area (Å²) in [5, 5.41) is 0. The molecule has 0 saturated heterocycles. The van der Waals surface area contributed by atoms with Crippen LogP contribution in [0.25, 0.3) is 0 Å². The Hall–Kier alpha value is -1.88. The van der Waals surface area contributed by atoms with Gasteiger partial charge in [0.15, 0.2) is 0 Å². The van der Waals surface area contributed by atoms with E-state index in [4.69, 9.17) is 9.47 Å². The number of methoxy groups -OCH3 is 2. The van der Waals surface area contributed by atoms with Crippen molar-refractivity contribution in [2.75, 3.05) is 21.3 Å². The number of nitrogens with zero attached hydrogens (tertiary/aromatic N) is 1. The van der Waals surface area contributed by atoms with Gasteiger partial charge in [0, 0.05) is 6.54 Å². The average molecular weight is 265 g/mol. The number of likely N-dealkylation sites (N-methyl/N-ethyl adjacent to an activating group) is 1. The van der Waals surface area contributed by atoms with Gasteiger partial charge in [-0.15, -0.1) is 0 Å². The number of esters is 2. The highest BCUT2D eigenvalue weighted by atomic mass is 16.5. The normalized spacial score (nSPS) is 12.1. The van der Waals surface area contributed by atoms with Crippen molar-refractivity contribution >= 4 is 11.9 Å². The van der Waals surface area contributed by atoms with Gasteiger partial charge >= 0.3 is 11.9 Å². The summed E-state index contributed by atoms with van der Waals surface area (Å²) < 4.78 is 9.44. The fourth-order valence-electron chi connectivity index (χ4n) is 1.72. The Morgan fingerprint density at radius 1 is 1.21 bits per heavy atom. The predicted octanol–water partition coefficient (Wildman–Crippen LogP) is 1.47. The highest BCUT2D eigenvalue weighted by Crippen LogP contribution is 2.14. The molecule has 0 aliphatic heterocycles. The van der Waals surface area contributed by atoms with E-state index in [0.29, 0.717) is 12.1 Å². The number of ether oxygens (including phenoxy) is 2. The Kier molecular flexibility index (Phi) is 5.51. The van der Waals surface area contributed by atoms with Gasteiger partial charge < -0.3 is 9.47 Å². The smallest absolute Gasteiger partial charge is 0.338 e. The fraction of sp³-hybridized carbons (Fsp3) is 0.429. The molecule has 5 heteroatoms. The highest BCUT2D eigenvalue weighted by molar-refractivity contribution is 5.91. The second-order valence-electron chi connectivity index (χ2n) is 4.26. The van der Waals surface area contributed by atoms with Crippen molar-refractivity contribution in [2.24, 2.45) is 0 Å². The molecule has 0 aliphatic carbocycles. The maximum absolute atomic E-state index is 11.6. The van der Waals surface area contributed by atoms with E-state index >= 15 is 0 Å². The van der Waals surface area contributed by atoms with E-state index in [2.05, 4.69) is 0 Å². The lowest BCUT2D eigenvalue weighted by Crippen LogP contribution is -2.36. The number of rotatable bonds is 5. The quantitative estimate of drug-likeness (QED) is 0.754. The van der Waals surface area contributed by atoms with Gasteiger partial charge in [-0.3, -0.25) is 9.69 Å². The van der Waals surface area contributed by atoms with Gasteiger partial charge in [0.25, 0.3) is 0 Å². The second kappa shape index (κ2) is 6.89. The van der Waals surface area contributed by atoms with Gasteiger partial charge in [0.05, 0.1) is 19.8 Å². The number of benzene rings is 1. The molecule has 1 rings (SSSR count). The Morgan fingerprint density at radius 2 is 1.84 bits per heavy atom. The Balaban J connectivity index is 2.88. The topological polar surface area (TPSA) is 55.8 Å². The minimum atomic E-state index is -0.380. The molecule has 0 aliphatic rings. The van der Waals surface area contributed by atoms with Crippen molar-refractivity contribution in [3.05, 3.63) is 35.4 Å². The predicted molar refractivity (Wildman–Crippen MR) is 70.7 cm³/mol. The average Bonchev–Trinajstić information content (AvgIpc) is 2.45. The summed E-state index contributed by atoms with van der Waals surface area (Å²) in [5.74, 6) is -0.687. The van der Waals surface area contributed by atoms with Crippen molar-refractivity contribution in [3.63, 3.8) is 0 Å². The lowest BCUT2D eigenvalue weighted by molar-refractivity contribution is -0.145. The molecule has 1 unspecified atom stereocenters. The van der Waals surface area contributed by atoms with Gasteiger partial charge in [0.2, 0.25) is 0 Å². The summed E-state index contributed by atoms with van der Waals surface area (Å²) in [6.07, 6.45) is 0. The molecule has 0 aromatic heterocycles. The van der Waals surface area contributed by atoms with Crippen LogP contribution in [0.2, 0.25) is 0 Å². The number of carbonyl (C=O) groups excluding carboxylic acids is 2. The summed E-state index contributed by atoms with van der Waals surface area (Å²) in [4.78, 5) is 24.9. The molecule has 1 aromatic carbocycles. The summed E-state index contributed by atoms with van der Waals surface area (Å²) in [6.45, 7) is 2.22. The molecular weight excluding hydrogens is 246 g/mol. The van der Waals surface area contributed by atoms with Crippen molar-refractivity contribution in [1.82, 2.24) is 4.90 Å². The first-order valence-electron chi connectivity index (χ1n) is 5.95. The third-order valence-electron chi connectivity index (χ3n) is 3.05. The van der Waals surface area contributed by atoms with Crippen molar-refractivity contribution in [3.8, 4) is 0 Å². The SMILES string of the molecule is COC(=O)c1ccccc1CN(C)C(C)C(=O)OC. The number of hydrogen-bond donors (Lipinski definition) is 0. The fourth-order valence-corrected chi connectivity index (χ4v) is 1.72. The first-order valence-corrected chi connectivity index (χ1v) is 5.95. The van der Waals surface area contributed by atoms with Crippen LogP contribution >= 0.6 is 0 Å². The Labute approximate surface area is 113 Å². The summed E-state index contributed by atoms with van der Waals surface area (Å²) in [5.41, 5.74) is 1.32. The molecular formula is C14H19NO4. The van der Waals surface area contributed by atoms with E-state index in [1.807, 2.05) is 17.0 Å². The summed E-state index contributed by atoms with van der Waals surface area (Å²) in [6, 6.07) is 6.79. The summed E-state index contributed by atoms with van der Waals surface area (Å²) >= 11 is 0. The van der Waals surface area contributed by atoms with Crippen molar-refractivity contribution in [2.45, 2.75) is 19.5 Å². The molecule has 1 atom stereocenters. The first kappa shape index (κ1) is 15.2. The third-order valence-corrected chi connectivity index (χ3v) is 3.05. The zero-order valence-corrected chi connectivity index (χ0v) is 11.7. The molecule has 0 bridgehead atoms. The van der Waals surface area contributed by atoms with Crippen LogP contribution in [-0.2, 0) is 20.8 Å². The number of carbonyl (C=O) groups is 2. The van der Waals surface area contributed by atoms with Gasteiger partial charge in [-0.25, -0.2) is 4.79 Å². The zero-order valence-electron chi connectivity index (χ0n) is 11.7. The first-order chi connectivity index (χ1) is 9.01. The highest BCUT2D eigenvalue weighted by Gasteiger charge is 2.20. The minimum Gasteiger partial charge on any atom is -0.468 e. The van der Waals surface area contributed by atoms with Crippen LogP contribution in [0, 0.1) is 0 Å². The Morgan fingerprint density at radius 3 is 2.42 bits per heavy atom. The largest absolute Gasteiger partial charge is 0.468 e. The van der Waals surface area contributed by atoms with E-state index in [1.165, 1.54) is 14.2 Å². The van der Waals surface area contributed by atoms with E-state index in [1.54, 1.807) is 26.1 Å². The molecule has 1 aromatic rings. The van der Waals surface area contributed by atoms with Crippen LogP contribution in [-0.4, -0.2) is 44.1 Å². The Bertz CT molecular complexity index is 459. The molecule has 5 nitrogen and oxygen atoms in total. The second-order valence-corrected chi connectivity index (χ2v) is 4.26. The molecule has 0 saturated carbocycles. The molecule has 0 radical (unpaired) electrons. The zero-order chi connectivity index (χ0) is 14.4. The standard InChI is InChI=1S/C14H19NO4/c1-10(13(16)18-3)15(2)9-11-7-5-6-8-12(11)14(17)19-4/h5-8,10H,9H2,1-4H3. The maximum Gasteiger partial charge on any atom is 0.338 e. The van der Waals surface area contributed by atoms with Crippen LogP contribution in [0.15, 0.2) is 24.3 Å². The lowest BCUT2D eigenvalue weighted by Gasteiger charge is -2.23. The van der Waals surface area contributed by atoms with Gasteiger partial charge in [-0.2, -0.15) is 0 Å². The maximum atomic E-state index is 11.6. The van der Waals surface area contributed by atoms with Crippen molar-refractivity contribution in [1.29, 1.82) is 0 Å². The molecule has 0 amide bonds. The monoisotopic (exact) mass is 265 g/mol. The molecule has 104 valence electrons. The molecule has 0 fully saturated rings.